The molecule has 0 heterocycles. The van der Waals surface area contributed by atoms with Gasteiger partial charge in [0, 0.05) is 12.8 Å². The molecule has 0 atom stereocenters. The summed E-state index contributed by atoms with van der Waals surface area (Å²) in [6.07, 6.45) is 2.00. The molecule has 0 amide bonds. The maximum atomic E-state index is 11.2. The van der Waals surface area contributed by atoms with Crippen LogP contribution in [0.3, 0.4) is 0 Å². The summed E-state index contributed by atoms with van der Waals surface area (Å²) in [7, 11) is 1.61. The number of rotatable bonds is 2. The second kappa shape index (κ2) is 4.26. The van der Waals surface area contributed by atoms with Gasteiger partial charge in [-0.25, -0.2) is 0 Å². The minimum absolute atomic E-state index is 0.248. The fourth-order valence-electron chi connectivity index (χ4n) is 2.13. The molecular formula is C13H16O3. The highest BCUT2D eigenvalue weighted by molar-refractivity contribution is 5.79. The minimum atomic E-state index is -0.833. The maximum Gasteiger partial charge on any atom is 0.133 e. The standard InChI is InChI=1S/C13H16O3/c1-16-12-4-2-10(3-5-12)13(15)8-6-11(14)7-9-13/h2-5,15H,6-9H2,1H3. The number of aliphatic hydroxyl groups is 1. The van der Waals surface area contributed by atoms with Gasteiger partial charge in [0.2, 0.25) is 0 Å². The van der Waals surface area contributed by atoms with E-state index in [2.05, 4.69) is 0 Å². The molecule has 0 bridgehead atoms. The Morgan fingerprint density at radius 1 is 1.19 bits per heavy atom. The Balaban J connectivity index is 2.19. The van der Waals surface area contributed by atoms with Gasteiger partial charge in [-0.3, -0.25) is 4.79 Å². The van der Waals surface area contributed by atoms with Crippen molar-refractivity contribution in [2.75, 3.05) is 7.11 Å². The number of carbonyl (C=O) groups is 1. The van der Waals surface area contributed by atoms with Crippen molar-refractivity contribution in [3.8, 4) is 5.75 Å². The average Bonchev–Trinajstić information content (AvgIpc) is 2.33. The van der Waals surface area contributed by atoms with Crippen LogP contribution in [0.4, 0.5) is 0 Å². The van der Waals surface area contributed by atoms with Crippen LogP contribution < -0.4 is 4.74 Å². The van der Waals surface area contributed by atoms with Crippen LogP contribution in [0, 0.1) is 0 Å². The van der Waals surface area contributed by atoms with E-state index >= 15 is 0 Å². The molecule has 1 aliphatic rings. The van der Waals surface area contributed by atoms with E-state index in [1.54, 1.807) is 7.11 Å². The molecule has 1 fully saturated rings. The third-order valence-corrected chi connectivity index (χ3v) is 3.26. The van der Waals surface area contributed by atoms with Crippen LogP contribution in [-0.2, 0) is 10.4 Å². The van der Waals surface area contributed by atoms with E-state index < -0.39 is 5.60 Å². The zero-order chi connectivity index (χ0) is 11.6. The van der Waals surface area contributed by atoms with Crippen molar-refractivity contribution < 1.29 is 14.6 Å². The van der Waals surface area contributed by atoms with Gasteiger partial charge in [0.05, 0.1) is 12.7 Å². The molecule has 1 N–H and O–H groups in total. The molecule has 0 spiro atoms. The van der Waals surface area contributed by atoms with Crippen LogP contribution >= 0.6 is 0 Å². The van der Waals surface area contributed by atoms with Gasteiger partial charge in [0.25, 0.3) is 0 Å². The topological polar surface area (TPSA) is 46.5 Å². The first-order chi connectivity index (χ1) is 7.64. The summed E-state index contributed by atoms with van der Waals surface area (Å²) in [4.78, 5) is 11.2. The van der Waals surface area contributed by atoms with Gasteiger partial charge in [-0.05, 0) is 30.5 Å². The SMILES string of the molecule is COc1ccc(C2(O)CCC(=O)CC2)cc1. The zero-order valence-electron chi connectivity index (χ0n) is 9.40. The lowest BCUT2D eigenvalue weighted by molar-refractivity contribution is -0.125. The third-order valence-electron chi connectivity index (χ3n) is 3.26. The number of Topliss-reactive ketones (excluding diaryl/α,β-unsaturated/α-hetero) is 1. The molecule has 3 heteroatoms. The third kappa shape index (κ3) is 2.09. The molecule has 3 nitrogen and oxygen atoms in total. The van der Waals surface area contributed by atoms with E-state index in [9.17, 15) is 9.90 Å². The second-order valence-corrected chi connectivity index (χ2v) is 4.30. The van der Waals surface area contributed by atoms with E-state index in [1.807, 2.05) is 24.3 Å². The van der Waals surface area contributed by atoms with Crippen LogP contribution in [-0.4, -0.2) is 18.0 Å². The number of ketones is 1. The van der Waals surface area contributed by atoms with Crippen molar-refractivity contribution in [3.05, 3.63) is 29.8 Å². The summed E-state index contributed by atoms with van der Waals surface area (Å²) in [5.74, 6) is 1.03. The average molecular weight is 220 g/mol. The van der Waals surface area contributed by atoms with Gasteiger partial charge >= 0.3 is 0 Å². The summed E-state index contributed by atoms with van der Waals surface area (Å²) in [6.45, 7) is 0. The van der Waals surface area contributed by atoms with Crippen molar-refractivity contribution in [2.24, 2.45) is 0 Å². The van der Waals surface area contributed by atoms with E-state index in [0.717, 1.165) is 11.3 Å². The number of methoxy groups -OCH3 is 1. The Kier molecular flexibility index (Phi) is 2.97. The smallest absolute Gasteiger partial charge is 0.133 e. The molecule has 1 aromatic carbocycles. The molecule has 86 valence electrons. The van der Waals surface area contributed by atoms with Crippen LogP contribution in [0.15, 0.2) is 24.3 Å². The summed E-state index contributed by atoms with van der Waals surface area (Å²) < 4.78 is 5.07. The van der Waals surface area contributed by atoms with Crippen molar-refractivity contribution in [1.82, 2.24) is 0 Å². The predicted molar refractivity (Wildman–Crippen MR) is 60.4 cm³/mol. The summed E-state index contributed by atoms with van der Waals surface area (Å²) in [5.41, 5.74) is 0.0426. The highest BCUT2D eigenvalue weighted by Gasteiger charge is 2.33. The Morgan fingerprint density at radius 3 is 2.25 bits per heavy atom. The predicted octanol–water partition coefficient (Wildman–Crippen LogP) is 2.03. The molecule has 0 aromatic heterocycles. The normalized spacial score (nSPS) is 19.5. The quantitative estimate of drug-likeness (QED) is 0.829. The molecule has 1 saturated carbocycles. The molecule has 16 heavy (non-hydrogen) atoms. The van der Waals surface area contributed by atoms with Gasteiger partial charge in [-0.2, -0.15) is 0 Å². The largest absolute Gasteiger partial charge is 0.497 e. The molecule has 1 aliphatic carbocycles. The summed E-state index contributed by atoms with van der Waals surface area (Å²) in [5, 5.41) is 10.4. The lowest BCUT2D eigenvalue weighted by Crippen LogP contribution is -2.31. The Morgan fingerprint density at radius 2 is 1.75 bits per heavy atom. The monoisotopic (exact) mass is 220 g/mol. The molecule has 2 rings (SSSR count). The summed E-state index contributed by atoms with van der Waals surface area (Å²) >= 11 is 0. The second-order valence-electron chi connectivity index (χ2n) is 4.30. The Hall–Kier alpha value is -1.35. The van der Waals surface area contributed by atoms with E-state index in [4.69, 9.17) is 4.74 Å². The van der Waals surface area contributed by atoms with Crippen molar-refractivity contribution in [3.63, 3.8) is 0 Å². The number of carbonyl (C=O) groups excluding carboxylic acids is 1. The van der Waals surface area contributed by atoms with Crippen molar-refractivity contribution in [1.29, 1.82) is 0 Å². The molecule has 0 unspecified atom stereocenters. The lowest BCUT2D eigenvalue weighted by Gasteiger charge is -2.31. The van der Waals surface area contributed by atoms with Gasteiger partial charge in [0.15, 0.2) is 0 Å². The summed E-state index contributed by atoms with van der Waals surface area (Å²) in [6, 6.07) is 7.41. The first kappa shape index (κ1) is 11.1. The van der Waals surface area contributed by atoms with Gasteiger partial charge in [-0.15, -0.1) is 0 Å². The van der Waals surface area contributed by atoms with E-state index in [1.165, 1.54) is 0 Å². The van der Waals surface area contributed by atoms with Crippen LogP contribution in [0.25, 0.3) is 0 Å². The van der Waals surface area contributed by atoms with Crippen molar-refractivity contribution in [2.45, 2.75) is 31.3 Å². The van der Waals surface area contributed by atoms with Gasteiger partial charge in [-0.1, -0.05) is 12.1 Å². The molecule has 1 aromatic rings. The fraction of sp³-hybridized carbons (Fsp3) is 0.462. The highest BCUT2D eigenvalue weighted by Crippen LogP contribution is 2.36. The zero-order valence-corrected chi connectivity index (χ0v) is 9.40. The maximum absolute atomic E-state index is 11.2. The lowest BCUT2D eigenvalue weighted by atomic mass is 9.79. The number of benzene rings is 1. The first-order valence-corrected chi connectivity index (χ1v) is 5.53. The van der Waals surface area contributed by atoms with Gasteiger partial charge in [0.1, 0.15) is 11.5 Å². The Bertz CT molecular complexity index is 371. The van der Waals surface area contributed by atoms with Crippen LogP contribution in [0.5, 0.6) is 5.75 Å². The van der Waals surface area contributed by atoms with Crippen molar-refractivity contribution >= 4 is 5.78 Å². The number of hydrogen-bond acceptors (Lipinski definition) is 3. The van der Waals surface area contributed by atoms with E-state index in [-0.39, 0.29) is 5.78 Å². The fourth-order valence-corrected chi connectivity index (χ4v) is 2.13. The molecule has 0 saturated heterocycles. The first-order valence-electron chi connectivity index (χ1n) is 5.53. The molecular weight excluding hydrogens is 204 g/mol. The Labute approximate surface area is 95.0 Å². The number of hydrogen-bond donors (Lipinski definition) is 1. The van der Waals surface area contributed by atoms with E-state index in [0.29, 0.717) is 25.7 Å². The van der Waals surface area contributed by atoms with Gasteiger partial charge < -0.3 is 9.84 Å². The van der Waals surface area contributed by atoms with Crippen LogP contribution in [0.2, 0.25) is 0 Å². The van der Waals surface area contributed by atoms with Crippen LogP contribution in [0.1, 0.15) is 31.2 Å². The highest BCUT2D eigenvalue weighted by atomic mass is 16.5. The molecule has 0 aliphatic heterocycles. The molecule has 0 radical (unpaired) electrons. The number of ether oxygens (including phenoxy) is 1. The minimum Gasteiger partial charge on any atom is -0.497 e.